The van der Waals surface area contributed by atoms with E-state index in [2.05, 4.69) is 25.8 Å². The molecule has 0 spiro atoms. The molecule has 174 valence electrons. The molecule has 2 aromatic heterocycles. The first-order valence-electron chi connectivity index (χ1n) is 10.4. The van der Waals surface area contributed by atoms with Crippen LogP contribution >= 0.6 is 23.1 Å². The third kappa shape index (κ3) is 6.06. The number of nitrogens with zero attached hydrogens (tertiary/aromatic N) is 4. The van der Waals surface area contributed by atoms with Crippen molar-refractivity contribution >= 4 is 40.0 Å². The summed E-state index contributed by atoms with van der Waals surface area (Å²) in [7, 11) is 1.81. The van der Waals surface area contributed by atoms with Crippen LogP contribution in [-0.4, -0.2) is 43.9 Å². The predicted octanol–water partition coefficient (Wildman–Crippen LogP) is 3.78. The van der Waals surface area contributed by atoms with Gasteiger partial charge in [0, 0.05) is 36.5 Å². The lowest BCUT2D eigenvalue weighted by atomic mass is 10.2. The van der Waals surface area contributed by atoms with Gasteiger partial charge in [0.05, 0.1) is 11.4 Å². The van der Waals surface area contributed by atoms with Crippen molar-refractivity contribution in [1.82, 2.24) is 25.1 Å². The molecular formula is C23H21FN6O2S2. The normalized spacial score (nSPS) is 10.8. The Hall–Kier alpha value is -3.57. The lowest BCUT2D eigenvalue weighted by Crippen LogP contribution is -2.26. The molecule has 0 radical (unpaired) electrons. The number of carbonyl (C=O) groups excluding carboxylic acids is 2. The Bertz CT molecular complexity index is 1270. The Kier molecular flexibility index (Phi) is 7.65. The summed E-state index contributed by atoms with van der Waals surface area (Å²) < 4.78 is 14.8. The molecule has 0 saturated heterocycles. The van der Waals surface area contributed by atoms with Gasteiger partial charge in [0.1, 0.15) is 11.6 Å². The number of amides is 2. The molecule has 8 nitrogen and oxygen atoms in total. The van der Waals surface area contributed by atoms with Gasteiger partial charge in [0.25, 0.3) is 5.91 Å². The second kappa shape index (κ2) is 11.0. The van der Waals surface area contributed by atoms with E-state index in [1.54, 1.807) is 4.57 Å². The summed E-state index contributed by atoms with van der Waals surface area (Å²) in [5.41, 5.74) is 2.20. The van der Waals surface area contributed by atoms with Crippen molar-refractivity contribution in [3.63, 3.8) is 0 Å². The number of halogens is 1. The number of thioether (sulfide) groups is 1. The number of benzene rings is 2. The third-order valence-corrected chi connectivity index (χ3v) is 6.60. The van der Waals surface area contributed by atoms with Gasteiger partial charge in [0.15, 0.2) is 10.3 Å². The maximum absolute atomic E-state index is 13.0. The highest BCUT2D eigenvalue weighted by Gasteiger charge is 2.14. The summed E-state index contributed by atoms with van der Waals surface area (Å²) in [6, 6.07) is 15.1. The molecule has 0 aliphatic rings. The van der Waals surface area contributed by atoms with Gasteiger partial charge in [-0.3, -0.25) is 9.59 Å². The predicted molar refractivity (Wildman–Crippen MR) is 130 cm³/mol. The van der Waals surface area contributed by atoms with Crippen molar-refractivity contribution < 1.29 is 14.0 Å². The fourth-order valence-corrected chi connectivity index (χ4v) is 4.50. The van der Waals surface area contributed by atoms with Crippen molar-refractivity contribution in [1.29, 1.82) is 0 Å². The van der Waals surface area contributed by atoms with Gasteiger partial charge in [-0.2, -0.15) is 0 Å². The molecule has 11 heteroatoms. The number of aromatic nitrogens is 4. The van der Waals surface area contributed by atoms with Crippen LogP contribution in [0.4, 0.5) is 9.52 Å². The summed E-state index contributed by atoms with van der Waals surface area (Å²) in [5.74, 6) is -0.0261. The van der Waals surface area contributed by atoms with E-state index in [1.165, 1.54) is 47.4 Å². The van der Waals surface area contributed by atoms with Crippen molar-refractivity contribution in [2.24, 2.45) is 7.05 Å². The van der Waals surface area contributed by atoms with Crippen LogP contribution in [0.2, 0.25) is 0 Å². The van der Waals surface area contributed by atoms with E-state index in [4.69, 9.17) is 0 Å². The van der Waals surface area contributed by atoms with Gasteiger partial charge in [-0.15, -0.1) is 21.5 Å². The number of anilines is 1. The number of hydrogen-bond acceptors (Lipinski definition) is 7. The van der Waals surface area contributed by atoms with Gasteiger partial charge in [-0.05, 0) is 24.3 Å². The van der Waals surface area contributed by atoms with Crippen molar-refractivity contribution in [3.05, 3.63) is 77.2 Å². The largest absolute Gasteiger partial charge is 0.352 e. The van der Waals surface area contributed by atoms with Crippen LogP contribution < -0.4 is 10.6 Å². The number of nitrogens with one attached hydrogen (secondary N) is 2. The monoisotopic (exact) mass is 496 g/mol. The summed E-state index contributed by atoms with van der Waals surface area (Å²) in [5, 5.41) is 16.9. The molecule has 0 saturated carbocycles. The molecule has 4 rings (SSSR count). The number of carbonyl (C=O) groups is 2. The van der Waals surface area contributed by atoms with Crippen LogP contribution in [0.25, 0.3) is 11.3 Å². The fraction of sp³-hybridized carbons (Fsp3) is 0.174. The second-order valence-electron chi connectivity index (χ2n) is 7.21. The minimum absolute atomic E-state index is 0.160. The van der Waals surface area contributed by atoms with E-state index in [0.29, 0.717) is 34.6 Å². The van der Waals surface area contributed by atoms with Crippen LogP contribution in [0.5, 0.6) is 0 Å². The molecule has 0 aliphatic heterocycles. The Morgan fingerprint density at radius 3 is 2.62 bits per heavy atom. The van der Waals surface area contributed by atoms with Crippen LogP contribution in [0.1, 0.15) is 16.2 Å². The highest BCUT2D eigenvalue weighted by atomic mass is 32.2. The Balaban J connectivity index is 1.24. The number of thiazole rings is 1. The molecule has 2 N–H and O–H groups in total. The zero-order valence-electron chi connectivity index (χ0n) is 18.2. The summed E-state index contributed by atoms with van der Waals surface area (Å²) in [4.78, 5) is 28.9. The van der Waals surface area contributed by atoms with Crippen molar-refractivity contribution in [2.45, 2.75) is 11.6 Å². The smallest absolute Gasteiger partial charge is 0.251 e. The summed E-state index contributed by atoms with van der Waals surface area (Å²) in [6.45, 7) is 0.348. The molecule has 0 aliphatic carbocycles. The molecule has 2 heterocycles. The molecule has 2 aromatic carbocycles. The SMILES string of the molecule is Cn1c(CCNC(=O)c2ccc(F)cc2)nnc1SCC(=O)Nc1nc(-c2ccccc2)cs1. The number of rotatable bonds is 9. The molecule has 34 heavy (non-hydrogen) atoms. The third-order valence-electron chi connectivity index (χ3n) is 4.82. The molecule has 4 aromatic rings. The zero-order chi connectivity index (χ0) is 23.9. The minimum atomic E-state index is -0.391. The molecule has 0 unspecified atom stereocenters. The maximum atomic E-state index is 13.0. The molecule has 0 fully saturated rings. The number of hydrogen-bond donors (Lipinski definition) is 2. The lowest BCUT2D eigenvalue weighted by molar-refractivity contribution is -0.113. The van der Waals surface area contributed by atoms with Crippen LogP contribution in [0.15, 0.2) is 65.1 Å². The van der Waals surface area contributed by atoms with Crippen molar-refractivity contribution in [2.75, 3.05) is 17.6 Å². The van der Waals surface area contributed by atoms with E-state index in [9.17, 15) is 14.0 Å². The summed E-state index contributed by atoms with van der Waals surface area (Å²) in [6.07, 6.45) is 0.463. The Morgan fingerprint density at radius 1 is 1.09 bits per heavy atom. The van der Waals surface area contributed by atoms with Crippen LogP contribution in [0.3, 0.4) is 0 Å². The second-order valence-corrected chi connectivity index (χ2v) is 9.01. The summed E-state index contributed by atoms with van der Waals surface area (Å²) >= 11 is 2.64. The maximum Gasteiger partial charge on any atom is 0.251 e. The molecule has 0 atom stereocenters. The quantitative estimate of drug-likeness (QED) is 0.342. The van der Waals surface area contributed by atoms with Crippen molar-refractivity contribution in [3.8, 4) is 11.3 Å². The average molecular weight is 497 g/mol. The lowest BCUT2D eigenvalue weighted by Gasteiger charge is -2.06. The Morgan fingerprint density at radius 2 is 1.85 bits per heavy atom. The van der Waals surface area contributed by atoms with E-state index >= 15 is 0 Å². The topological polar surface area (TPSA) is 102 Å². The van der Waals surface area contributed by atoms with Gasteiger partial charge < -0.3 is 15.2 Å². The van der Waals surface area contributed by atoms with Gasteiger partial charge in [-0.1, -0.05) is 42.1 Å². The minimum Gasteiger partial charge on any atom is -0.352 e. The zero-order valence-corrected chi connectivity index (χ0v) is 19.8. The highest BCUT2D eigenvalue weighted by molar-refractivity contribution is 7.99. The van der Waals surface area contributed by atoms with Crippen LogP contribution in [-0.2, 0) is 18.3 Å². The van der Waals surface area contributed by atoms with E-state index < -0.39 is 5.82 Å². The van der Waals surface area contributed by atoms with Gasteiger partial charge in [0.2, 0.25) is 5.91 Å². The van der Waals surface area contributed by atoms with Gasteiger partial charge in [-0.25, -0.2) is 9.37 Å². The first-order chi connectivity index (χ1) is 16.5. The standard InChI is InChI=1S/C23H21FN6O2S2/c1-30-19(11-12-25-21(32)16-7-9-17(24)10-8-16)28-29-23(30)34-14-20(31)27-22-26-18(13-33-22)15-5-3-2-4-6-15/h2-10,13H,11-12,14H2,1H3,(H,25,32)(H,26,27,31). The van der Waals surface area contributed by atoms with Crippen LogP contribution in [0, 0.1) is 5.82 Å². The highest BCUT2D eigenvalue weighted by Crippen LogP contribution is 2.25. The average Bonchev–Trinajstić information content (AvgIpc) is 3.45. The Labute approximate surface area is 203 Å². The van der Waals surface area contributed by atoms with E-state index in [1.807, 2.05) is 42.8 Å². The van der Waals surface area contributed by atoms with E-state index in [0.717, 1.165) is 11.3 Å². The fourth-order valence-electron chi connectivity index (χ4n) is 3.04. The first-order valence-corrected chi connectivity index (χ1v) is 12.2. The molecule has 0 bridgehead atoms. The van der Waals surface area contributed by atoms with E-state index in [-0.39, 0.29) is 17.6 Å². The first kappa shape index (κ1) is 23.6. The molecule has 2 amide bonds. The molecular weight excluding hydrogens is 475 g/mol. The van der Waals surface area contributed by atoms with Gasteiger partial charge >= 0.3 is 0 Å².